The molecular formula is C15H23N3. The number of nitrogens with zero attached hydrogens (tertiary/aromatic N) is 3. The maximum atomic E-state index is 4.43. The summed E-state index contributed by atoms with van der Waals surface area (Å²) >= 11 is 0. The number of hydrogen-bond donors (Lipinski definition) is 0. The van der Waals surface area contributed by atoms with Crippen molar-refractivity contribution < 1.29 is 0 Å². The van der Waals surface area contributed by atoms with Gasteiger partial charge < -0.3 is 4.90 Å². The summed E-state index contributed by atoms with van der Waals surface area (Å²) in [5.74, 6) is 1.81. The minimum absolute atomic E-state index is 0.903. The highest BCUT2D eigenvalue weighted by molar-refractivity contribution is 5.04. The smallest absolute Gasteiger partial charge is 0.0543 e. The summed E-state index contributed by atoms with van der Waals surface area (Å²) in [7, 11) is 0. The molecule has 0 aliphatic carbocycles. The molecule has 0 aromatic carbocycles. The third-order valence-electron chi connectivity index (χ3n) is 4.29. The topological polar surface area (TPSA) is 19.4 Å². The Kier molecular flexibility index (Phi) is 3.62. The summed E-state index contributed by atoms with van der Waals surface area (Å²) in [6, 6.07) is 6.21. The Balaban J connectivity index is 1.53. The largest absolute Gasteiger partial charge is 0.303 e. The van der Waals surface area contributed by atoms with E-state index in [2.05, 4.69) is 33.8 Å². The van der Waals surface area contributed by atoms with Crippen LogP contribution in [0.4, 0.5) is 0 Å². The van der Waals surface area contributed by atoms with Crippen LogP contribution in [-0.4, -0.2) is 47.5 Å². The summed E-state index contributed by atoms with van der Waals surface area (Å²) in [6.07, 6.45) is 3.19. The van der Waals surface area contributed by atoms with Crippen molar-refractivity contribution in [1.82, 2.24) is 14.8 Å². The average Bonchev–Trinajstić information content (AvgIpc) is 2.88. The van der Waals surface area contributed by atoms with E-state index >= 15 is 0 Å². The molecule has 3 heterocycles. The molecule has 2 aliphatic heterocycles. The molecule has 0 unspecified atom stereocenters. The molecule has 0 spiro atoms. The summed E-state index contributed by atoms with van der Waals surface area (Å²) in [5.41, 5.74) is 1.21. The lowest BCUT2D eigenvalue weighted by atomic mass is 10.0. The Labute approximate surface area is 110 Å². The van der Waals surface area contributed by atoms with E-state index in [1.54, 1.807) is 0 Å². The van der Waals surface area contributed by atoms with Crippen LogP contribution < -0.4 is 0 Å². The zero-order valence-corrected chi connectivity index (χ0v) is 11.3. The van der Waals surface area contributed by atoms with Crippen molar-refractivity contribution in [3.8, 4) is 0 Å². The molecule has 0 radical (unpaired) electrons. The van der Waals surface area contributed by atoms with Gasteiger partial charge in [0.25, 0.3) is 0 Å². The van der Waals surface area contributed by atoms with Gasteiger partial charge in [-0.1, -0.05) is 13.0 Å². The van der Waals surface area contributed by atoms with Crippen LogP contribution in [0, 0.1) is 11.8 Å². The van der Waals surface area contributed by atoms with E-state index in [4.69, 9.17) is 0 Å². The molecule has 3 heteroatoms. The molecule has 18 heavy (non-hydrogen) atoms. The zero-order chi connectivity index (χ0) is 12.4. The molecule has 2 aliphatic rings. The van der Waals surface area contributed by atoms with E-state index in [-0.39, 0.29) is 0 Å². The van der Waals surface area contributed by atoms with Crippen LogP contribution >= 0.6 is 0 Å². The Morgan fingerprint density at radius 3 is 2.44 bits per heavy atom. The highest BCUT2D eigenvalue weighted by atomic mass is 15.2. The SMILES string of the molecule is CCCN1C[C@@H]2CN(Cc3ccccn3)C[C@@H]2C1. The van der Waals surface area contributed by atoms with E-state index in [1.807, 2.05) is 12.3 Å². The van der Waals surface area contributed by atoms with Crippen LogP contribution in [0.2, 0.25) is 0 Å². The number of fused-ring (bicyclic) bond motifs is 1. The van der Waals surface area contributed by atoms with E-state index in [9.17, 15) is 0 Å². The third kappa shape index (κ3) is 2.57. The van der Waals surface area contributed by atoms with Gasteiger partial charge in [0.05, 0.1) is 5.69 Å². The fourth-order valence-electron chi connectivity index (χ4n) is 3.54. The van der Waals surface area contributed by atoms with Crippen LogP contribution in [0.3, 0.4) is 0 Å². The Bertz CT molecular complexity index is 365. The summed E-state index contributed by atoms with van der Waals surface area (Å²) < 4.78 is 0. The van der Waals surface area contributed by atoms with Crippen LogP contribution in [0.5, 0.6) is 0 Å². The van der Waals surface area contributed by atoms with Crippen molar-refractivity contribution in [3.63, 3.8) is 0 Å². The summed E-state index contributed by atoms with van der Waals surface area (Å²) in [4.78, 5) is 9.66. The summed E-state index contributed by atoms with van der Waals surface area (Å²) in [6.45, 7) is 9.76. The molecule has 3 rings (SSSR count). The van der Waals surface area contributed by atoms with Crippen LogP contribution in [0.25, 0.3) is 0 Å². The molecule has 0 saturated carbocycles. The van der Waals surface area contributed by atoms with Crippen molar-refractivity contribution in [2.45, 2.75) is 19.9 Å². The highest BCUT2D eigenvalue weighted by Gasteiger charge is 2.39. The lowest BCUT2D eigenvalue weighted by Gasteiger charge is -2.20. The predicted octanol–water partition coefficient (Wildman–Crippen LogP) is 1.86. The minimum atomic E-state index is 0.903. The van der Waals surface area contributed by atoms with Gasteiger partial charge in [-0.3, -0.25) is 9.88 Å². The molecule has 0 bridgehead atoms. The fourth-order valence-corrected chi connectivity index (χ4v) is 3.54. The van der Waals surface area contributed by atoms with Gasteiger partial charge in [0, 0.05) is 38.9 Å². The minimum Gasteiger partial charge on any atom is -0.303 e. The molecule has 98 valence electrons. The number of aromatic nitrogens is 1. The maximum Gasteiger partial charge on any atom is 0.0543 e. The van der Waals surface area contributed by atoms with Crippen LogP contribution in [0.1, 0.15) is 19.0 Å². The van der Waals surface area contributed by atoms with Crippen LogP contribution in [-0.2, 0) is 6.54 Å². The average molecular weight is 245 g/mol. The number of rotatable bonds is 4. The van der Waals surface area contributed by atoms with Crippen LogP contribution in [0.15, 0.2) is 24.4 Å². The Hall–Kier alpha value is -0.930. The maximum absolute atomic E-state index is 4.43. The molecule has 2 saturated heterocycles. The first-order valence-electron chi connectivity index (χ1n) is 7.19. The highest BCUT2D eigenvalue weighted by Crippen LogP contribution is 2.31. The van der Waals surface area contributed by atoms with Crippen molar-refractivity contribution in [3.05, 3.63) is 30.1 Å². The normalized spacial score (nSPS) is 28.7. The second-order valence-corrected chi connectivity index (χ2v) is 5.79. The molecule has 1 aromatic rings. The Morgan fingerprint density at radius 2 is 1.83 bits per heavy atom. The number of hydrogen-bond acceptors (Lipinski definition) is 3. The number of pyridine rings is 1. The standard InChI is InChI=1S/C15H23N3/c1-2-7-17-8-13-10-18(11-14(13)9-17)12-15-5-3-4-6-16-15/h3-6,13-14H,2,7-12H2,1H3/t13-,14+. The quantitative estimate of drug-likeness (QED) is 0.807. The van der Waals surface area contributed by atoms with E-state index in [0.717, 1.165) is 18.4 Å². The second-order valence-electron chi connectivity index (χ2n) is 5.79. The Morgan fingerprint density at radius 1 is 1.11 bits per heavy atom. The van der Waals surface area contributed by atoms with Gasteiger partial charge in [-0.2, -0.15) is 0 Å². The van der Waals surface area contributed by atoms with Crippen molar-refractivity contribution in [2.24, 2.45) is 11.8 Å². The fraction of sp³-hybridized carbons (Fsp3) is 0.667. The van der Waals surface area contributed by atoms with Crippen molar-refractivity contribution >= 4 is 0 Å². The zero-order valence-electron chi connectivity index (χ0n) is 11.3. The van der Waals surface area contributed by atoms with Crippen molar-refractivity contribution in [1.29, 1.82) is 0 Å². The molecule has 3 nitrogen and oxygen atoms in total. The first-order chi connectivity index (χ1) is 8.85. The first-order valence-corrected chi connectivity index (χ1v) is 7.19. The van der Waals surface area contributed by atoms with Gasteiger partial charge in [-0.25, -0.2) is 0 Å². The third-order valence-corrected chi connectivity index (χ3v) is 4.29. The summed E-state index contributed by atoms with van der Waals surface area (Å²) in [5, 5.41) is 0. The van der Waals surface area contributed by atoms with Gasteiger partial charge in [-0.05, 0) is 36.9 Å². The lowest BCUT2D eigenvalue weighted by Crippen LogP contribution is -2.29. The first kappa shape index (κ1) is 12.1. The molecule has 2 atom stereocenters. The lowest BCUT2D eigenvalue weighted by molar-refractivity contribution is 0.249. The van der Waals surface area contributed by atoms with E-state index in [1.165, 1.54) is 44.8 Å². The van der Waals surface area contributed by atoms with E-state index in [0.29, 0.717) is 0 Å². The second kappa shape index (κ2) is 5.37. The number of likely N-dealkylation sites (tertiary alicyclic amines) is 2. The molecule has 2 fully saturated rings. The molecular weight excluding hydrogens is 222 g/mol. The van der Waals surface area contributed by atoms with E-state index < -0.39 is 0 Å². The monoisotopic (exact) mass is 245 g/mol. The van der Waals surface area contributed by atoms with Gasteiger partial charge >= 0.3 is 0 Å². The predicted molar refractivity (Wildman–Crippen MR) is 73.2 cm³/mol. The van der Waals surface area contributed by atoms with Gasteiger partial charge in [0.15, 0.2) is 0 Å². The van der Waals surface area contributed by atoms with Gasteiger partial charge in [0.1, 0.15) is 0 Å². The van der Waals surface area contributed by atoms with Gasteiger partial charge in [-0.15, -0.1) is 0 Å². The van der Waals surface area contributed by atoms with Gasteiger partial charge in [0.2, 0.25) is 0 Å². The van der Waals surface area contributed by atoms with Crippen molar-refractivity contribution in [2.75, 3.05) is 32.7 Å². The molecule has 1 aromatic heterocycles. The molecule has 0 N–H and O–H groups in total. The molecule has 0 amide bonds.